The third-order valence-corrected chi connectivity index (χ3v) is 4.62. The first kappa shape index (κ1) is 14.3. The average molecular weight is 528 g/mol. The molecule has 2 rings (SSSR count). The number of rotatable bonds is 2. The van der Waals surface area contributed by atoms with Crippen LogP contribution in [0, 0.1) is 7.14 Å². The van der Waals surface area contributed by atoms with Crippen LogP contribution in [0.1, 0.15) is 10.4 Å². The molecule has 1 amide bonds. The molecule has 2 nitrogen and oxygen atoms in total. The van der Waals surface area contributed by atoms with Gasteiger partial charge in [-0.1, -0.05) is 28.1 Å². The van der Waals surface area contributed by atoms with Gasteiger partial charge in [-0.2, -0.15) is 0 Å². The predicted molar refractivity (Wildman–Crippen MR) is 94.0 cm³/mol. The molecule has 0 spiro atoms. The molecule has 2 aromatic carbocycles. The van der Waals surface area contributed by atoms with E-state index in [1.54, 1.807) is 0 Å². The number of hydrogen-bond donors (Lipinski definition) is 1. The molecule has 0 bridgehead atoms. The standard InChI is InChI=1S/C13H8BrI2NO/c14-8-5-6-12(11(16)7-8)17-13(18)9-3-1-2-4-10(9)15/h1-7H,(H,17,18). The van der Waals surface area contributed by atoms with E-state index >= 15 is 0 Å². The zero-order valence-electron chi connectivity index (χ0n) is 9.08. The Labute approximate surface area is 141 Å². The van der Waals surface area contributed by atoms with Crippen molar-refractivity contribution in [3.63, 3.8) is 0 Å². The summed E-state index contributed by atoms with van der Waals surface area (Å²) < 4.78 is 2.94. The van der Waals surface area contributed by atoms with Crippen molar-refractivity contribution in [1.82, 2.24) is 0 Å². The highest BCUT2D eigenvalue weighted by molar-refractivity contribution is 14.1. The Morgan fingerprint density at radius 3 is 2.44 bits per heavy atom. The van der Waals surface area contributed by atoms with Gasteiger partial charge in [0.1, 0.15) is 0 Å². The minimum absolute atomic E-state index is 0.0831. The van der Waals surface area contributed by atoms with Crippen molar-refractivity contribution in [2.24, 2.45) is 0 Å². The van der Waals surface area contributed by atoms with Crippen LogP contribution in [-0.2, 0) is 0 Å². The molecule has 0 aromatic heterocycles. The molecule has 2 aromatic rings. The zero-order valence-corrected chi connectivity index (χ0v) is 15.0. The second-order valence-corrected chi connectivity index (χ2v) is 6.80. The lowest BCUT2D eigenvalue weighted by atomic mass is 10.2. The maximum absolute atomic E-state index is 12.1. The number of amides is 1. The van der Waals surface area contributed by atoms with Crippen molar-refractivity contribution in [2.75, 3.05) is 5.32 Å². The molecule has 0 radical (unpaired) electrons. The third-order valence-electron chi connectivity index (χ3n) is 2.30. The van der Waals surface area contributed by atoms with Crippen molar-refractivity contribution < 1.29 is 4.79 Å². The van der Waals surface area contributed by atoms with Gasteiger partial charge in [0.15, 0.2) is 0 Å². The maximum Gasteiger partial charge on any atom is 0.256 e. The van der Waals surface area contributed by atoms with Crippen molar-refractivity contribution in [1.29, 1.82) is 0 Å². The van der Waals surface area contributed by atoms with Crippen LogP contribution in [-0.4, -0.2) is 5.91 Å². The number of hydrogen-bond acceptors (Lipinski definition) is 1. The second kappa shape index (κ2) is 6.33. The van der Waals surface area contributed by atoms with E-state index in [4.69, 9.17) is 0 Å². The summed E-state index contributed by atoms with van der Waals surface area (Å²) in [7, 11) is 0. The SMILES string of the molecule is O=C(Nc1ccc(Br)cc1I)c1ccccc1I. The van der Waals surface area contributed by atoms with Crippen LogP contribution in [0.15, 0.2) is 46.9 Å². The Bertz CT molecular complexity index is 601. The molecule has 0 aliphatic heterocycles. The van der Waals surface area contributed by atoms with Crippen LogP contribution < -0.4 is 5.32 Å². The number of nitrogens with one attached hydrogen (secondary N) is 1. The van der Waals surface area contributed by atoms with Gasteiger partial charge in [-0.15, -0.1) is 0 Å². The molecule has 0 unspecified atom stereocenters. The van der Waals surface area contributed by atoms with E-state index in [9.17, 15) is 4.79 Å². The van der Waals surface area contributed by atoms with E-state index in [2.05, 4.69) is 66.4 Å². The van der Waals surface area contributed by atoms with Crippen molar-refractivity contribution in [2.45, 2.75) is 0 Å². The van der Waals surface area contributed by atoms with E-state index in [0.717, 1.165) is 17.3 Å². The number of benzene rings is 2. The van der Waals surface area contributed by atoms with E-state index in [0.29, 0.717) is 5.56 Å². The monoisotopic (exact) mass is 527 g/mol. The van der Waals surface area contributed by atoms with Crippen LogP contribution in [0.5, 0.6) is 0 Å². The van der Waals surface area contributed by atoms with E-state index < -0.39 is 0 Å². The molecule has 0 saturated carbocycles. The van der Waals surface area contributed by atoms with Crippen LogP contribution in [0.4, 0.5) is 5.69 Å². The first-order valence-corrected chi connectivity index (χ1v) is 8.04. The fourth-order valence-electron chi connectivity index (χ4n) is 1.43. The summed E-state index contributed by atoms with van der Waals surface area (Å²) >= 11 is 7.76. The molecule has 0 aliphatic carbocycles. The first-order valence-electron chi connectivity index (χ1n) is 5.09. The fraction of sp³-hybridized carbons (Fsp3) is 0. The summed E-state index contributed by atoms with van der Waals surface area (Å²) in [5, 5.41) is 2.92. The molecule has 0 aliphatic rings. The third kappa shape index (κ3) is 3.45. The first-order chi connectivity index (χ1) is 8.58. The smallest absolute Gasteiger partial charge is 0.256 e. The molecule has 0 fully saturated rings. The van der Waals surface area contributed by atoms with Gasteiger partial charge >= 0.3 is 0 Å². The van der Waals surface area contributed by atoms with Gasteiger partial charge in [-0.05, 0) is 75.5 Å². The normalized spacial score (nSPS) is 10.2. The molecule has 5 heteroatoms. The van der Waals surface area contributed by atoms with Crippen molar-refractivity contribution in [3.8, 4) is 0 Å². The molecule has 0 atom stereocenters. The molecule has 92 valence electrons. The summed E-state index contributed by atoms with van der Waals surface area (Å²) in [5.41, 5.74) is 1.51. The Morgan fingerprint density at radius 2 is 1.78 bits per heavy atom. The van der Waals surface area contributed by atoms with Gasteiger partial charge in [-0.25, -0.2) is 0 Å². The van der Waals surface area contributed by atoms with Crippen LogP contribution in [0.25, 0.3) is 0 Å². The van der Waals surface area contributed by atoms with Gasteiger partial charge < -0.3 is 5.32 Å². The van der Waals surface area contributed by atoms with E-state index in [1.807, 2.05) is 42.5 Å². The number of anilines is 1. The summed E-state index contributed by atoms with van der Waals surface area (Å²) in [6, 6.07) is 13.3. The summed E-state index contributed by atoms with van der Waals surface area (Å²) in [5.74, 6) is -0.0831. The van der Waals surface area contributed by atoms with Gasteiger partial charge in [0.05, 0.1) is 11.3 Å². The number of halogens is 3. The molecule has 0 saturated heterocycles. The highest BCUT2D eigenvalue weighted by atomic mass is 127. The second-order valence-electron chi connectivity index (χ2n) is 3.56. The van der Waals surface area contributed by atoms with Crippen molar-refractivity contribution >= 4 is 72.7 Å². The van der Waals surface area contributed by atoms with Gasteiger partial charge in [-0.3, -0.25) is 4.79 Å². The summed E-state index contributed by atoms with van der Waals surface area (Å²) in [6.07, 6.45) is 0. The Morgan fingerprint density at radius 1 is 1.06 bits per heavy atom. The maximum atomic E-state index is 12.1. The molecule has 0 heterocycles. The Kier molecular flexibility index (Phi) is 5.02. The topological polar surface area (TPSA) is 29.1 Å². The Balaban J connectivity index is 2.24. The van der Waals surface area contributed by atoms with Crippen LogP contribution >= 0.6 is 61.1 Å². The average Bonchev–Trinajstić information content (AvgIpc) is 2.33. The molecule has 18 heavy (non-hydrogen) atoms. The van der Waals surface area contributed by atoms with Gasteiger partial charge in [0.25, 0.3) is 5.91 Å². The van der Waals surface area contributed by atoms with Crippen LogP contribution in [0.2, 0.25) is 0 Å². The molecular weight excluding hydrogens is 520 g/mol. The Hall–Kier alpha value is -0.150. The molecule has 1 N–H and O–H groups in total. The lowest BCUT2D eigenvalue weighted by Crippen LogP contribution is -2.14. The van der Waals surface area contributed by atoms with Gasteiger partial charge in [0.2, 0.25) is 0 Å². The van der Waals surface area contributed by atoms with Crippen molar-refractivity contribution in [3.05, 3.63) is 59.6 Å². The fourth-order valence-corrected chi connectivity index (χ4v) is 3.50. The molecular formula is C13H8BrI2NO. The summed E-state index contributed by atoms with van der Waals surface area (Å²) in [6.45, 7) is 0. The lowest BCUT2D eigenvalue weighted by Gasteiger charge is -2.08. The van der Waals surface area contributed by atoms with E-state index in [1.165, 1.54) is 0 Å². The number of carbonyl (C=O) groups is 1. The predicted octanol–water partition coefficient (Wildman–Crippen LogP) is 4.91. The number of carbonyl (C=O) groups excluding carboxylic acids is 1. The van der Waals surface area contributed by atoms with Gasteiger partial charge in [0, 0.05) is 11.6 Å². The highest BCUT2D eigenvalue weighted by Crippen LogP contribution is 2.23. The largest absolute Gasteiger partial charge is 0.321 e. The zero-order chi connectivity index (χ0) is 13.1. The quantitative estimate of drug-likeness (QED) is 0.553. The highest BCUT2D eigenvalue weighted by Gasteiger charge is 2.10. The summed E-state index contributed by atoms with van der Waals surface area (Å²) in [4.78, 5) is 12.1. The lowest BCUT2D eigenvalue weighted by molar-refractivity contribution is 0.102. The minimum atomic E-state index is -0.0831. The van der Waals surface area contributed by atoms with E-state index in [-0.39, 0.29) is 5.91 Å². The van der Waals surface area contributed by atoms with Crippen LogP contribution in [0.3, 0.4) is 0 Å². The minimum Gasteiger partial charge on any atom is -0.321 e.